The van der Waals surface area contributed by atoms with Crippen molar-refractivity contribution in [3.8, 4) is 0 Å². The van der Waals surface area contributed by atoms with Gasteiger partial charge in [-0.2, -0.15) is 15.0 Å². The summed E-state index contributed by atoms with van der Waals surface area (Å²) in [5.74, 6) is 1.22. The van der Waals surface area contributed by atoms with Crippen molar-refractivity contribution in [1.29, 1.82) is 0 Å². The normalized spacial score (nSPS) is 23.7. The lowest BCUT2D eigenvalue weighted by atomic mass is 9.78. The number of aromatic nitrogens is 3. The fraction of sp³-hybridized carbons (Fsp3) is 0.910. The number of anilines is 2. The first kappa shape index (κ1) is 113. The number of unbranched alkanes of at least 4 members (excludes halogenated alkanes) is 7. The number of hydrogen-bond donors (Lipinski definition) is 4. The van der Waals surface area contributed by atoms with E-state index in [4.69, 9.17) is 43.4 Å². The van der Waals surface area contributed by atoms with Crippen molar-refractivity contribution < 1.29 is 62.5 Å². The van der Waals surface area contributed by atoms with Crippen LogP contribution in [0.2, 0.25) is 0 Å². The monoisotopic (exact) mass is 1750 g/mol. The van der Waals surface area contributed by atoms with Gasteiger partial charge in [0.05, 0.1) is 24.1 Å². The molecule has 1 aromatic heterocycles. The minimum absolute atomic E-state index is 0. The lowest BCUT2D eigenvalue weighted by molar-refractivity contribution is -0.789. The van der Waals surface area contributed by atoms with Crippen molar-refractivity contribution in [3.05, 3.63) is 5.82 Å². The van der Waals surface area contributed by atoms with Crippen LogP contribution in [0.15, 0.2) is 0 Å². The summed E-state index contributed by atoms with van der Waals surface area (Å²) in [6, 6.07) is 0.793. The van der Waals surface area contributed by atoms with E-state index in [-0.39, 0.29) is 166 Å². The van der Waals surface area contributed by atoms with Crippen molar-refractivity contribution in [3.63, 3.8) is 0 Å². The van der Waals surface area contributed by atoms with E-state index in [2.05, 4.69) is 268 Å². The van der Waals surface area contributed by atoms with E-state index in [0.29, 0.717) is 31.5 Å². The molecule has 0 amide bonds. The van der Waals surface area contributed by atoms with Crippen molar-refractivity contribution in [1.82, 2.24) is 45.6 Å². The van der Waals surface area contributed by atoms with Gasteiger partial charge in [0, 0.05) is 189 Å². The largest absolute Gasteiger partial charge is 0.462 e. The van der Waals surface area contributed by atoms with E-state index in [1.165, 1.54) is 6.92 Å². The Morgan fingerprint density at radius 2 is 0.661 bits per heavy atom. The highest BCUT2D eigenvalue weighted by atomic mass is 16.6. The number of likely N-dealkylation sites (tertiary alicyclic amines) is 3. The predicted octanol–water partition coefficient (Wildman–Crippen LogP) is 18.4. The minimum atomic E-state index is -0.487. The minimum Gasteiger partial charge on any atom is -0.462 e. The van der Waals surface area contributed by atoms with E-state index in [1.54, 1.807) is 7.11 Å². The third-order valence-corrected chi connectivity index (χ3v) is 26.9. The van der Waals surface area contributed by atoms with Crippen LogP contribution in [-0.2, 0) is 57.2 Å². The highest BCUT2D eigenvalue weighted by Crippen LogP contribution is 2.44. The Kier molecular flexibility index (Phi) is 42.0. The maximum atomic E-state index is 12.4. The molecule has 0 aliphatic carbocycles. The van der Waals surface area contributed by atoms with Crippen LogP contribution in [0.4, 0.5) is 11.9 Å². The van der Waals surface area contributed by atoms with Crippen LogP contribution in [0.1, 0.15) is 422 Å². The topological polar surface area (TPSA) is 265 Å². The van der Waals surface area contributed by atoms with Crippen molar-refractivity contribution in [2.24, 2.45) is 0 Å². The second kappa shape index (κ2) is 45.9. The summed E-state index contributed by atoms with van der Waals surface area (Å²) in [6.07, 6.45) is 23.8. The first-order valence-electron chi connectivity index (χ1n) is 47.4. The second-order valence-electron chi connectivity index (χ2n) is 47.2. The van der Waals surface area contributed by atoms with Gasteiger partial charge in [0.2, 0.25) is 11.9 Å². The molecular formula is C100H191N12O12+. The number of nitrogens with two attached hydrogens (primary N) is 1. The molecule has 7 fully saturated rings. The van der Waals surface area contributed by atoms with Crippen molar-refractivity contribution in [2.45, 2.75) is 543 Å². The fourth-order valence-electron chi connectivity index (χ4n) is 22.7. The zero-order chi connectivity index (χ0) is 92.7. The number of ether oxygens (including phenoxy) is 6. The number of quaternary nitrogens is 1. The summed E-state index contributed by atoms with van der Waals surface area (Å²) < 4.78 is 33.8. The van der Waals surface area contributed by atoms with E-state index >= 15 is 0 Å². The quantitative estimate of drug-likeness (QED) is 0.0226. The molecule has 7 aliphatic heterocycles. The number of carbonyl (C=O) groups is 6. The zero-order valence-corrected chi connectivity index (χ0v) is 84.4. The molecule has 7 aliphatic rings. The number of rotatable bonds is 32. The van der Waals surface area contributed by atoms with Gasteiger partial charge in [0.1, 0.15) is 48.5 Å². The predicted molar refractivity (Wildman–Crippen MR) is 508 cm³/mol. The van der Waals surface area contributed by atoms with Crippen LogP contribution in [0.25, 0.3) is 0 Å². The number of aryl methyl sites for hydroxylation is 1. The number of carbonyl (C=O) groups excluding carboxylic acids is 6. The van der Waals surface area contributed by atoms with Gasteiger partial charge in [-0.05, 0) is 273 Å². The Balaban J connectivity index is 0.000000433. The molecule has 0 bridgehead atoms. The van der Waals surface area contributed by atoms with E-state index in [0.717, 1.165) is 191 Å². The van der Waals surface area contributed by atoms with Gasteiger partial charge < -0.3 is 64.3 Å². The van der Waals surface area contributed by atoms with Crippen molar-refractivity contribution >= 4 is 47.5 Å². The Bertz CT molecular complexity index is 3210. The first-order chi connectivity index (χ1) is 55.7. The van der Waals surface area contributed by atoms with Crippen LogP contribution in [0.3, 0.4) is 0 Å². The first-order valence-corrected chi connectivity index (χ1v) is 47.4. The van der Waals surface area contributed by atoms with E-state index in [9.17, 15) is 28.8 Å². The summed E-state index contributed by atoms with van der Waals surface area (Å²) >= 11 is 0. The number of esters is 5. The molecule has 124 heavy (non-hydrogen) atoms. The van der Waals surface area contributed by atoms with Gasteiger partial charge >= 0.3 is 29.8 Å². The number of nitrogens with zero attached hydrogens (tertiary/aromatic N) is 8. The third kappa shape index (κ3) is 37.6. The van der Waals surface area contributed by atoms with E-state index in [1.807, 2.05) is 6.92 Å². The molecule has 722 valence electrons. The highest BCUT2D eigenvalue weighted by Gasteiger charge is 2.51. The number of piperidine rings is 7. The molecule has 0 aromatic carbocycles. The van der Waals surface area contributed by atoms with E-state index < -0.39 is 11.9 Å². The van der Waals surface area contributed by atoms with Crippen LogP contribution < -0.4 is 31.1 Å². The van der Waals surface area contributed by atoms with Crippen LogP contribution in [0.5, 0.6) is 0 Å². The smallest absolute Gasteiger partial charge is 0.317 e. The molecule has 0 radical (unpaired) electrons. The summed E-state index contributed by atoms with van der Waals surface area (Å²) in [5.41, 5.74) is 0.0744. The number of Topliss-reactive ketones (excluding diaryl/α,β-unsaturated/α-hetero) is 1. The summed E-state index contributed by atoms with van der Waals surface area (Å²) in [6.45, 7) is 73.8. The lowest BCUT2D eigenvalue weighted by Crippen LogP contribution is -3.06. The van der Waals surface area contributed by atoms with Gasteiger partial charge in [-0.3, -0.25) is 38.7 Å². The Hall–Kier alpha value is -4.69. The molecule has 0 atom stereocenters. The van der Waals surface area contributed by atoms with Gasteiger partial charge in [0.15, 0.2) is 0 Å². The molecular weight excluding hydrogens is 1560 g/mol. The average Bonchev–Trinajstić information content (AvgIpc) is 0.787. The fourth-order valence-corrected chi connectivity index (χ4v) is 22.7. The van der Waals surface area contributed by atoms with Crippen LogP contribution in [0, 0.1) is 6.92 Å². The maximum absolute atomic E-state index is 12.4. The molecule has 24 nitrogen and oxygen atoms in total. The molecule has 1 aromatic rings. The average molecular weight is 1750 g/mol. The molecule has 0 spiro atoms. The van der Waals surface area contributed by atoms with Crippen LogP contribution in [-0.4, -0.2) is 233 Å². The highest BCUT2D eigenvalue weighted by molar-refractivity contribution is 5.91. The molecule has 5 N–H and O–H groups in total. The Morgan fingerprint density at radius 3 is 0.976 bits per heavy atom. The number of ketones is 1. The summed E-state index contributed by atoms with van der Waals surface area (Å²) in [7, 11) is 6.04. The lowest BCUT2D eigenvalue weighted by Gasteiger charge is -2.54. The van der Waals surface area contributed by atoms with Gasteiger partial charge in [-0.25, -0.2) is 0 Å². The molecule has 0 saturated carbocycles. The standard InChI is InChI=1S/C30H57N7.C30H56N2O4.C21H38N2O4.C17H31NO4.2CH4/c1-12-14-16-36(23-18-27(4,5)34-28(6,7)19-23)25-31-22(3)32-26(33-25)37(17-15-13-2)24-20-29(8,9)35-30(10,11)21-24;1-27(2)19-23(20-28(3,4)31(27)9)35-25(33)17-15-13-11-12-14-16-18-26(34)36-24-21-29(5,6)32(10)30(7,8)22-24;1-18(2)10-14(11-19(3,4)22-18)26-16(24)9-17(25)27-15-12-20(5,6)23-21(7,8)13-15;1-13(19)7-8-15(20)22-14-11-16(2,3)18(9-10-21-6)17(4,5)12-14;;/h23-24,34-35H,12-21H2,1-11H3;23-24H,11-22H2,1-10H3;14-15,22-23H,9-13H2,1-8H3;14H,7-12H2,1-6H3;2*1H4/p+1. The van der Waals surface area contributed by atoms with Crippen LogP contribution >= 0.6 is 0 Å². The van der Waals surface area contributed by atoms with Gasteiger partial charge in [-0.15, -0.1) is 0 Å². The van der Waals surface area contributed by atoms with Crippen molar-refractivity contribution in [2.75, 3.05) is 57.2 Å². The molecule has 8 heterocycles. The zero-order valence-electron chi connectivity index (χ0n) is 84.4. The Morgan fingerprint density at radius 1 is 0.379 bits per heavy atom. The maximum Gasteiger partial charge on any atom is 0.317 e. The second-order valence-corrected chi connectivity index (χ2v) is 47.2. The van der Waals surface area contributed by atoms with Gasteiger partial charge in [-0.1, -0.05) is 67.2 Å². The molecule has 8 rings (SSSR count). The molecule has 0 unspecified atom stereocenters. The SMILES string of the molecule is C.C.CC1(C)CC(OC(=O)CC(=O)OC2CC(C)(C)[NH2+]C(C)(C)C2)CC(C)(C)N1.CCCCN(c1nc(C)nc(N(CCCC)C2CC(C)(C)NC(C)(C)C2)n1)C1CC(C)(C)NC(C)(C)C1.CN1C(C)(C)CC(OC(=O)CCCCCCCCC(=O)OC2CC(C)(C)N(C)C(C)(C)C2)CC1(C)C.COCCN1C(C)(C)CC(OC(=O)CCC(C)=O)CC1(C)C. The molecule has 24 heteroatoms. The number of nitrogens with one attached hydrogen (secondary N) is 3. The van der Waals surface area contributed by atoms with Gasteiger partial charge in [0.25, 0.3) is 0 Å². The summed E-state index contributed by atoms with van der Waals surface area (Å²) in [5, 5.41) is 13.6. The third-order valence-electron chi connectivity index (χ3n) is 26.9. The Labute approximate surface area is 757 Å². The number of methoxy groups -OCH3 is 1. The number of hydrogen-bond acceptors (Lipinski definition) is 23. The summed E-state index contributed by atoms with van der Waals surface area (Å²) in [4.78, 5) is 99.7. The molecule has 7 saturated heterocycles.